The molecule has 0 radical (unpaired) electrons. The number of nitrogens with one attached hydrogen (secondary N) is 3. The van der Waals surface area contributed by atoms with E-state index in [1.807, 2.05) is 49.4 Å². The molecule has 3 aromatic carbocycles. The molecule has 0 aliphatic carbocycles. The van der Waals surface area contributed by atoms with E-state index < -0.39 is 5.91 Å². The zero-order chi connectivity index (χ0) is 22.7. The maximum Gasteiger partial charge on any atom is 0.264 e. The number of thiocarbonyl (C=S) groups is 1. The highest BCUT2D eigenvalue weighted by molar-refractivity contribution is 7.80. The second-order valence-corrected chi connectivity index (χ2v) is 7.49. The molecule has 0 aliphatic rings. The Kier molecular flexibility index (Phi) is 6.04. The Hall–Kier alpha value is -3.91. The normalized spacial score (nSPS) is 10.6. The second kappa shape index (κ2) is 9.07. The van der Waals surface area contributed by atoms with E-state index in [0.717, 1.165) is 33.7 Å². The number of benzene rings is 3. The van der Waals surface area contributed by atoms with Gasteiger partial charge >= 0.3 is 0 Å². The van der Waals surface area contributed by atoms with Crippen molar-refractivity contribution >= 4 is 40.0 Å². The van der Waals surface area contributed by atoms with E-state index in [9.17, 15) is 4.79 Å². The highest BCUT2D eigenvalue weighted by atomic mass is 32.1. The smallest absolute Gasteiger partial charge is 0.264 e. The number of nitrogens with zero attached hydrogens (tertiary/aromatic N) is 1. The monoisotopic (exact) mass is 446 g/mol. The lowest BCUT2D eigenvalue weighted by Crippen LogP contribution is -2.34. The number of fused-ring (bicyclic) bond motifs is 1. The fourth-order valence-electron chi connectivity index (χ4n) is 3.39. The zero-order valence-corrected chi connectivity index (χ0v) is 18.7. The molecule has 162 valence electrons. The molecular weight excluding hydrogens is 424 g/mol. The first kappa shape index (κ1) is 21.3. The van der Waals surface area contributed by atoms with Crippen molar-refractivity contribution in [3.8, 4) is 22.9 Å². The van der Waals surface area contributed by atoms with Gasteiger partial charge in [-0.15, -0.1) is 0 Å². The van der Waals surface area contributed by atoms with E-state index in [4.69, 9.17) is 21.7 Å². The Morgan fingerprint density at radius 2 is 1.72 bits per heavy atom. The van der Waals surface area contributed by atoms with Crippen LogP contribution in [0.4, 0.5) is 5.69 Å². The van der Waals surface area contributed by atoms with Gasteiger partial charge in [0.2, 0.25) is 0 Å². The molecule has 8 heteroatoms. The summed E-state index contributed by atoms with van der Waals surface area (Å²) in [5.74, 6) is 1.12. The van der Waals surface area contributed by atoms with Gasteiger partial charge in [0.25, 0.3) is 5.91 Å². The van der Waals surface area contributed by atoms with Crippen LogP contribution in [0.25, 0.3) is 22.4 Å². The van der Waals surface area contributed by atoms with E-state index in [-0.39, 0.29) is 10.7 Å². The number of aromatic amines is 1. The summed E-state index contributed by atoms with van der Waals surface area (Å²) >= 11 is 5.40. The third-order valence-corrected chi connectivity index (χ3v) is 5.23. The molecule has 0 saturated carbocycles. The molecule has 32 heavy (non-hydrogen) atoms. The summed E-state index contributed by atoms with van der Waals surface area (Å²) in [6, 6.07) is 18.9. The molecule has 7 nitrogen and oxygen atoms in total. The number of amides is 1. The van der Waals surface area contributed by atoms with Crippen molar-refractivity contribution in [3.05, 3.63) is 71.8 Å². The van der Waals surface area contributed by atoms with Crippen molar-refractivity contribution in [2.45, 2.75) is 6.92 Å². The fraction of sp³-hybridized carbons (Fsp3) is 0.125. The SMILES string of the molecule is COc1cccc(OC)c1C(=O)NC(=S)Nc1cc(-c2nc3ccccc3[nH]2)ccc1C. The molecule has 1 aromatic heterocycles. The van der Waals surface area contributed by atoms with Crippen LogP contribution in [0, 0.1) is 6.92 Å². The summed E-state index contributed by atoms with van der Waals surface area (Å²) in [5.41, 5.74) is 4.76. The fourth-order valence-corrected chi connectivity index (χ4v) is 3.59. The Morgan fingerprint density at radius 3 is 2.41 bits per heavy atom. The number of carbonyl (C=O) groups excluding carboxylic acids is 1. The van der Waals surface area contributed by atoms with Gasteiger partial charge in [-0.05, 0) is 55.0 Å². The Bertz CT molecular complexity index is 1260. The number of H-pyrrole nitrogens is 1. The first-order chi connectivity index (χ1) is 15.5. The predicted octanol–water partition coefficient (Wildman–Crippen LogP) is 4.68. The number of methoxy groups -OCH3 is 2. The predicted molar refractivity (Wildman–Crippen MR) is 129 cm³/mol. The van der Waals surface area contributed by atoms with Crippen LogP contribution >= 0.6 is 12.2 Å². The highest BCUT2D eigenvalue weighted by Crippen LogP contribution is 2.28. The van der Waals surface area contributed by atoms with Gasteiger partial charge in [-0.3, -0.25) is 10.1 Å². The van der Waals surface area contributed by atoms with Gasteiger partial charge in [-0.1, -0.05) is 30.3 Å². The van der Waals surface area contributed by atoms with Gasteiger partial charge in [0, 0.05) is 11.3 Å². The lowest BCUT2D eigenvalue weighted by molar-refractivity contribution is 0.0971. The molecule has 0 atom stereocenters. The summed E-state index contributed by atoms with van der Waals surface area (Å²) in [5, 5.41) is 5.97. The van der Waals surface area contributed by atoms with Crippen molar-refractivity contribution < 1.29 is 14.3 Å². The van der Waals surface area contributed by atoms with E-state index in [1.54, 1.807) is 18.2 Å². The standard InChI is InChI=1S/C24H22N4O3S/c1-14-11-12-15(22-25-16-7-4-5-8-17(16)26-22)13-18(14)27-24(32)28-23(29)21-19(30-2)9-6-10-20(21)31-3/h4-13H,1-3H3,(H,25,26)(H2,27,28,29,32). The lowest BCUT2D eigenvalue weighted by atomic mass is 10.1. The molecule has 0 fully saturated rings. The van der Waals surface area contributed by atoms with Crippen molar-refractivity contribution in [2.24, 2.45) is 0 Å². The molecule has 4 rings (SSSR count). The number of hydrogen-bond acceptors (Lipinski definition) is 5. The first-order valence-electron chi connectivity index (χ1n) is 9.89. The lowest BCUT2D eigenvalue weighted by Gasteiger charge is -2.15. The van der Waals surface area contributed by atoms with Crippen LogP contribution in [0.2, 0.25) is 0 Å². The van der Waals surface area contributed by atoms with Crippen LogP contribution in [0.1, 0.15) is 15.9 Å². The third-order valence-electron chi connectivity index (χ3n) is 5.03. The van der Waals surface area contributed by atoms with Crippen LogP contribution in [-0.2, 0) is 0 Å². The maximum absolute atomic E-state index is 12.9. The second-order valence-electron chi connectivity index (χ2n) is 7.08. The van der Waals surface area contributed by atoms with E-state index in [0.29, 0.717) is 11.5 Å². The van der Waals surface area contributed by atoms with Crippen molar-refractivity contribution in [3.63, 3.8) is 0 Å². The molecule has 1 amide bonds. The minimum atomic E-state index is -0.428. The van der Waals surface area contributed by atoms with E-state index in [1.165, 1.54) is 14.2 Å². The molecule has 3 N–H and O–H groups in total. The highest BCUT2D eigenvalue weighted by Gasteiger charge is 2.19. The molecular formula is C24H22N4O3S. The molecule has 1 heterocycles. The van der Waals surface area contributed by atoms with Gasteiger partial charge < -0.3 is 19.8 Å². The van der Waals surface area contributed by atoms with Crippen LogP contribution in [0.3, 0.4) is 0 Å². The maximum atomic E-state index is 12.9. The van der Waals surface area contributed by atoms with Crippen molar-refractivity contribution in [2.75, 3.05) is 19.5 Å². The number of aryl methyl sites for hydroxylation is 1. The van der Waals surface area contributed by atoms with Crippen LogP contribution in [0.5, 0.6) is 11.5 Å². The molecule has 4 aromatic rings. The average molecular weight is 447 g/mol. The quantitative estimate of drug-likeness (QED) is 0.386. The Labute approximate surface area is 190 Å². The Morgan fingerprint density at radius 1 is 1.00 bits per heavy atom. The zero-order valence-electron chi connectivity index (χ0n) is 17.9. The van der Waals surface area contributed by atoms with Crippen LogP contribution < -0.4 is 20.1 Å². The largest absolute Gasteiger partial charge is 0.496 e. The number of carbonyl (C=O) groups is 1. The van der Waals surface area contributed by atoms with Crippen molar-refractivity contribution in [1.82, 2.24) is 15.3 Å². The van der Waals surface area contributed by atoms with Gasteiger partial charge in [-0.2, -0.15) is 0 Å². The van der Waals surface area contributed by atoms with Crippen molar-refractivity contribution in [1.29, 1.82) is 0 Å². The minimum absolute atomic E-state index is 0.160. The first-order valence-corrected chi connectivity index (χ1v) is 10.3. The number of hydrogen-bond donors (Lipinski definition) is 3. The average Bonchev–Trinajstić information content (AvgIpc) is 3.24. The third kappa shape index (κ3) is 4.26. The molecule has 0 saturated heterocycles. The summed E-state index contributed by atoms with van der Waals surface area (Å²) in [7, 11) is 2.99. The van der Waals surface area contributed by atoms with Gasteiger partial charge in [0.05, 0.1) is 25.3 Å². The minimum Gasteiger partial charge on any atom is -0.496 e. The van der Waals surface area contributed by atoms with E-state index in [2.05, 4.69) is 20.6 Å². The summed E-state index contributed by atoms with van der Waals surface area (Å²) in [6.45, 7) is 1.96. The number of imidazole rings is 1. The number of anilines is 1. The number of aromatic nitrogens is 2. The molecule has 0 aliphatic heterocycles. The van der Waals surface area contributed by atoms with E-state index >= 15 is 0 Å². The topological polar surface area (TPSA) is 88.3 Å². The Balaban J connectivity index is 1.55. The summed E-state index contributed by atoms with van der Waals surface area (Å²) in [4.78, 5) is 20.8. The van der Waals surface area contributed by atoms with Gasteiger partial charge in [0.1, 0.15) is 22.9 Å². The number of para-hydroxylation sites is 2. The number of ether oxygens (including phenoxy) is 2. The molecule has 0 bridgehead atoms. The molecule has 0 spiro atoms. The van der Waals surface area contributed by atoms with Crippen LogP contribution in [-0.4, -0.2) is 35.2 Å². The summed E-state index contributed by atoms with van der Waals surface area (Å²) < 4.78 is 10.6. The number of rotatable bonds is 5. The van der Waals surface area contributed by atoms with Gasteiger partial charge in [-0.25, -0.2) is 4.98 Å². The van der Waals surface area contributed by atoms with Gasteiger partial charge in [0.15, 0.2) is 5.11 Å². The van der Waals surface area contributed by atoms with Crippen LogP contribution in [0.15, 0.2) is 60.7 Å². The summed E-state index contributed by atoms with van der Waals surface area (Å²) in [6.07, 6.45) is 0. The molecule has 0 unspecified atom stereocenters.